The molecule has 0 bridgehead atoms. The number of carboxylic acid groups (broad SMARTS) is 1. The second-order valence-electron chi connectivity index (χ2n) is 6.48. The van der Waals surface area contributed by atoms with Gasteiger partial charge in [0, 0.05) is 19.3 Å². The Hall–Kier alpha value is -2.09. The van der Waals surface area contributed by atoms with E-state index in [1.54, 1.807) is 19.1 Å². The van der Waals surface area contributed by atoms with Crippen molar-refractivity contribution in [3.8, 4) is 0 Å². The Kier molecular flexibility index (Phi) is 5.17. The number of rotatable bonds is 3. The number of hydrogen-bond donors (Lipinski definition) is 2. The fourth-order valence-corrected chi connectivity index (χ4v) is 3.85. The van der Waals surface area contributed by atoms with Crippen molar-refractivity contribution >= 4 is 27.5 Å². The third-order valence-corrected chi connectivity index (χ3v) is 5.21. The van der Waals surface area contributed by atoms with E-state index in [-0.39, 0.29) is 23.0 Å². The molecule has 2 amide bonds. The Balaban J connectivity index is 2.22. The van der Waals surface area contributed by atoms with Gasteiger partial charge < -0.3 is 15.3 Å². The van der Waals surface area contributed by atoms with Crippen LogP contribution in [0, 0.1) is 18.8 Å². The standard InChI is InChI=1S/C16H22N2O5S/c1-10-4-5-13(14(7-10)24(3,22)23)17-16(21)18-8-11(2)6-12(9-18)15(19)20/h4-5,7,11-12H,6,8-9H2,1-3H3,(H,17,21)(H,19,20). The van der Waals surface area contributed by atoms with E-state index >= 15 is 0 Å². The zero-order valence-electron chi connectivity index (χ0n) is 13.9. The number of urea groups is 1. The summed E-state index contributed by atoms with van der Waals surface area (Å²) >= 11 is 0. The third-order valence-electron chi connectivity index (χ3n) is 4.07. The number of nitrogens with zero attached hydrogens (tertiary/aromatic N) is 1. The number of benzene rings is 1. The van der Waals surface area contributed by atoms with Crippen molar-refractivity contribution in [1.29, 1.82) is 0 Å². The van der Waals surface area contributed by atoms with Gasteiger partial charge in [0.25, 0.3) is 0 Å². The van der Waals surface area contributed by atoms with Crippen LogP contribution in [0.4, 0.5) is 10.5 Å². The number of aryl methyl sites for hydroxylation is 1. The lowest BCUT2D eigenvalue weighted by Crippen LogP contribution is -2.47. The van der Waals surface area contributed by atoms with E-state index in [0.717, 1.165) is 11.8 Å². The van der Waals surface area contributed by atoms with Crippen LogP contribution < -0.4 is 5.32 Å². The van der Waals surface area contributed by atoms with Crippen LogP contribution in [0.3, 0.4) is 0 Å². The van der Waals surface area contributed by atoms with Gasteiger partial charge in [-0.3, -0.25) is 4.79 Å². The first-order valence-electron chi connectivity index (χ1n) is 7.67. The van der Waals surface area contributed by atoms with Gasteiger partial charge in [0.2, 0.25) is 0 Å². The summed E-state index contributed by atoms with van der Waals surface area (Å²) in [6.07, 6.45) is 1.61. The molecule has 1 aliphatic rings. The van der Waals surface area contributed by atoms with Gasteiger partial charge in [-0.2, -0.15) is 0 Å². The summed E-state index contributed by atoms with van der Waals surface area (Å²) in [5.74, 6) is -1.46. The highest BCUT2D eigenvalue weighted by molar-refractivity contribution is 7.90. The Morgan fingerprint density at radius 3 is 2.54 bits per heavy atom. The van der Waals surface area contributed by atoms with E-state index in [2.05, 4.69) is 5.32 Å². The molecule has 132 valence electrons. The van der Waals surface area contributed by atoms with E-state index in [9.17, 15) is 23.1 Å². The molecule has 0 spiro atoms. The summed E-state index contributed by atoms with van der Waals surface area (Å²) in [5.41, 5.74) is 0.976. The van der Waals surface area contributed by atoms with Crippen LogP contribution in [0.25, 0.3) is 0 Å². The minimum absolute atomic E-state index is 0.0516. The fraction of sp³-hybridized carbons (Fsp3) is 0.500. The SMILES string of the molecule is Cc1ccc(NC(=O)N2CC(C)CC(C(=O)O)C2)c(S(C)(=O)=O)c1. The average Bonchev–Trinajstić information content (AvgIpc) is 2.47. The molecule has 0 radical (unpaired) electrons. The molecule has 1 fully saturated rings. The molecule has 0 saturated carbocycles. The average molecular weight is 354 g/mol. The minimum atomic E-state index is -3.49. The van der Waals surface area contributed by atoms with Gasteiger partial charge >= 0.3 is 12.0 Å². The molecule has 0 aromatic heterocycles. The van der Waals surface area contributed by atoms with Gasteiger partial charge in [-0.1, -0.05) is 13.0 Å². The van der Waals surface area contributed by atoms with Crippen LogP contribution in [0.5, 0.6) is 0 Å². The first-order valence-corrected chi connectivity index (χ1v) is 9.56. The molecule has 1 aromatic rings. The van der Waals surface area contributed by atoms with Crippen LogP contribution in [-0.4, -0.2) is 49.8 Å². The second-order valence-corrected chi connectivity index (χ2v) is 8.47. The van der Waals surface area contributed by atoms with Gasteiger partial charge in [-0.25, -0.2) is 13.2 Å². The molecule has 2 unspecified atom stereocenters. The Morgan fingerprint density at radius 2 is 1.96 bits per heavy atom. The normalized spacial score (nSPS) is 21.4. The Bertz CT molecular complexity index is 760. The van der Waals surface area contributed by atoms with Gasteiger partial charge in [-0.05, 0) is 37.0 Å². The van der Waals surface area contributed by atoms with E-state index < -0.39 is 27.8 Å². The zero-order valence-corrected chi connectivity index (χ0v) is 14.8. The molecule has 2 atom stereocenters. The first-order chi connectivity index (χ1) is 11.1. The lowest BCUT2D eigenvalue weighted by atomic mass is 9.91. The molecule has 0 aliphatic carbocycles. The maximum atomic E-state index is 12.5. The number of carboxylic acids is 1. The topological polar surface area (TPSA) is 104 Å². The largest absolute Gasteiger partial charge is 0.481 e. The Morgan fingerprint density at radius 1 is 1.29 bits per heavy atom. The molecular weight excluding hydrogens is 332 g/mol. The van der Waals surface area contributed by atoms with Crippen LogP contribution >= 0.6 is 0 Å². The van der Waals surface area contributed by atoms with Crippen molar-refractivity contribution < 1.29 is 23.1 Å². The maximum Gasteiger partial charge on any atom is 0.321 e. The minimum Gasteiger partial charge on any atom is -0.481 e. The van der Waals surface area contributed by atoms with Gasteiger partial charge in [0.05, 0.1) is 16.5 Å². The number of hydrogen-bond acceptors (Lipinski definition) is 4. The van der Waals surface area contributed by atoms with Crippen LogP contribution in [-0.2, 0) is 14.6 Å². The number of amides is 2. The van der Waals surface area contributed by atoms with E-state index in [4.69, 9.17) is 0 Å². The number of nitrogens with one attached hydrogen (secondary N) is 1. The molecule has 8 heteroatoms. The predicted octanol–water partition coefficient (Wildman–Crippen LogP) is 1.97. The molecular formula is C16H22N2O5S. The molecule has 24 heavy (non-hydrogen) atoms. The fourth-order valence-electron chi connectivity index (χ4n) is 2.93. The number of aliphatic carboxylic acids is 1. The van der Waals surface area contributed by atoms with Crippen molar-refractivity contribution in [1.82, 2.24) is 4.90 Å². The molecule has 1 aromatic carbocycles. The first kappa shape index (κ1) is 18.3. The summed E-state index contributed by atoms with van der Waals surface area (Å²) < 4.78 is 23.8. The molecule has 1 saturated heterocycles. The second kappa shape index (κ2) is 6.80. The summed E-state index contributed by atoms with van der Waals surface area (Å²) in [6, 6.07) is 4.28. The van der Waals surface area contributed by atoms with Crippen LogP contribution in [0.1, 0.15) is 18.9 Å². The maximum absolute atomic E-state index is 12.5. The Labute approximate surface area is 141 Å². The van der Waals surface area contributed by atoms with Crippen LogP contribution in [0.2, 0.25) is 0 Å². The van der Waals surface area contributed by atoms with E-state index in [1.165, 1.54) is 11.0 Å². The molecule has 1 heterocycles. The molecule has 2 rings (SSSR count). The summed E-state index contributed by atoms with van der Waals surface area (Å²) in [4.78, 5) is 25.2. The molecule has 1 aliphatic heterocycles. The lowest BCUT2D eigenvalue weighted by Gasteiger charge is -2.34. The van der Waals surface area contributed by atoms with Gasteiger partial charge in [-0.15, -0.1) is 0 Å². The van der Waals surface area contributed by atoms with Crippen molar-refractivity contribution in [3.05, 3.63) is 23.8 Å². The van der Waals surface area contributed by atoms with E-state index in [0.29, 0.717) is 13.0 Å². The predicted molar refractivity (Wildman–Crippen MR) is 89.8 cm³/mol. The lowest BCUT2D eigenvalue weighted by molar-refractivity contribution is -0.143. The number of piperidine rings is 1. The molecule has 2 N–H and O–H groups in total. The highest BCUT2D eigenvalue weighted by Crippen LogP contribution is 2.25. The quantitative estimate of drug-likeness (QED) is 0.864. The molecule has 7 nitrogen and oxygen atoms in total. The summed E-state index contributed by atoms with van der Waals surface area (Å²) in [7, 11) is -3.49. The summed E-state index contributed by atoms with van der Waals surface area (Å²) in [5, 5.41) is 11.8. The zero-order chi connectivity index (χ0) is 18.1. The van der Waals surface area contributed by atoms with Crippen molar-refractivity contribution in [2.75, 3.05) is 24.7 Å². The number of carbonyl (C=O) groups excluding carboxylic acids is 1. The number of sulfone groups is 1. The van der Waals surface area contributed by atoms with Gasteiger partial charge in [0.1, 0.15) is 0 Å². The number of likely N-dealkylation sites (tertiary alicyclic amines) is 1. The van der Waals surface area contributed by atoms with Gasteiger partial charge in [0.15, 0.2) is 9.84 Å². The number of anilines is 1. The van der Waals surface area contributed by atoms with E-state index in [1.807, 2.05) is 6.92 Å². The highest BCUT2D eigenvalue weighted by Gasteiger charge is 2.32. The van der Waals surface area contributed by atoms with Crippen molar-refractivity contribution in [2.45, 2.75) is 25.2 Å². The third kappa shape index (κ3) is 4.25. The van der Waals surface area contributed by atoms with Crippen molar-refractivity contribution in [2.24, 2.45) is 11.8 Å². The monoisotopic (exact) mass is 354 g/mol. The highest BCUT2D eigenvalue weighted by atomic mass is 32.2. The summed E-state index contributed by atoms with van der Waals surface area (Å²) in [6.45, 7) is 4.22. The number of carbonyl (C=O) groups is 2. The smallest absolute Gasteiger partial charge is 0.321 e. The van der Waals surface area contributed by atoms with Crippen LogP contribution in [0.15, 0.2) is 23.1 Å². The van der Waals surface area contributed by atoms with Crippen molar-refractivity contribution in [3.63, 3.8) is 0 Å².